The minimum Gasteiger partial charge on any atom is -0.406 e. The second-order valence-electron chi connectivity index (χ2n) is 7.54. The van der Waals surface area contributed by atoms with Crippen molar-refractivity contribution in [1.82, 2.24) is 20.1 Å². The minimum absolute atomic E-state index is 0.0166. The number of rotatable bonds is 5. The van der Waals surface area contributed by atoms with Crippen molar-refractivity contribution < 1.29 is 36.3 Å². The predicted octanol–water partition coefficient (Wildman–Crippen LogP) is 3.43. The Morgan fingerprint density at radius 3 is 2.56 bits per heavy atom. The molecule has 1 fully saturated rings. The highest BCUT2D eigenvalue weighted by atomic mass is 19.4. The number of benzene rings is 1. The first-order chi connectivity index (χ1) is 16.0. The van der Waals surface area contributed by atoms with Crippen LogP contribution in [0.2, 0.25) is 0 Å². The Morgan fingerprint density at radius 1 is 1.15 bits per heavy atom. The van der Waals surface area contributed by atoms with Gasteiger partial charge in [0.25, 0.3) is 0 Å². The van der Waals surface area contributed by atoms with Crippen LogP contribution < -0.4 is 15.4 Å². The van der Waals surface area contributed by atoms with Gasteiger partial charge in [0.1, 0.15) is 17.4 Å². The van der Waals surface area contributed by atoms with Gasteiger partial charge in [0.05, 0.1) is 29.7 Å². The lowest BCUT2D eigenvalue weighted by Crippen LogP contribution is -2.28. The van der Waals surface area contributed by atoms with E-state index in [2.05, 4.69) is 25.5 Å². The molecular weight excluding hydrogens is 465 g/mol. The average molecular weight is 481 g/mol. The number of halogens is 5. The van der Waals surface area contributed by atoms with Crippen molar-refractivity contribution in [2.45, 2.75) is 13.3 Å². The van der Waals surface area contributed by atoms with Crippen LogP contribution in [-0.2, 0) is 9.59 Å². The van der Waals surface area contributed by atoms with Crippen LogP contribution in [0.4, 0.5) is 27.8 Å². The van der Waals surface area contributed by atoms with E-state index in [1.165, 1.54) is 12.3 Å². The number of aromatic nitrogens is 3. The van der Waals surface area contributed by atoms with E-state index < -0.39 is 41.5 Å². The summed E-state index contributed by atoms with van der Waals surface area (Å²) in [4.78, 5) is 28.1. The topological polar surface area (TPSA) is 98.1 Å². The zero-order chi connectivity index (χ0) is 24.6. The fraction of sp³-hybridized carbons (Fsp3) is 0.238. The number of hydrogen-bond donors (Lipinski definition) is 2. The highest BCUT2D eigenvalue weighted by Gasteiger charge is 2.36. The molecule has 0 aliphatic carbocycles. The molecule has 0 radical (unpaired) electrons. The van der Waals surface area contributed by atoms with Crippen LogP contribution in [0, 0.1) is 23.5 Å². The zero-order valence-corrected chi connectivity index (χ0v) is 17.4. The van der Waals surface area contributed by atoms with E-state index in [1.54, 1.807) is 6.92 Å². The quantitative estimate of drug-likeness (QED) is 0.545. The molecule has 0 saturated carbocycles. The van der Waals surface area contributed by atoms with E-state index in [9.17, 15) is 31.5 Å². The molecule has 2 N–H and O–H groups in total. The van der Waals surface area contributed by atoms with E-state index in [-0.39, 0.29) is 35.2 Å². The highest BCUT2D eigenvalue weighted by molar-refractivity contribution is 5.98. The molecule has 2 unspecified atom stereocenters. The number of pyridine rings is 1. The number of alkyl halides is 3. The van der Waals surface area contributed by atoms with Crippen molar-refractivity contribution in [1.29, 1.82) is 0 Å². The van der Waals surface area contributed by atoms with Crippen molar-refractivity contribution in [3.05, 3.63) is 54.4 Å². The van der Waals surface area contributed by atoms with E-state index in [0.29, 0.717) is 6.07 Å². The van der Waals surface area contributed by atoms with Crippen LogP contribution in [0.15, 0.2) is 42.7 Å². The molecule has 2 amide bonds. The van der Waals surface area contributed by atoms with Crippen molar-refractivity contribution >= 4 is 17.6 Å². The molecule has 3 heterocycles. The third kappa shape index (κ3) is 4.97. The summed E-state index contributed by atoms with van der Waals surface area (Å²) in [5, 5.41) is 9.28. The lowest BCUT2D eigenvalue weighted by molar-refractivity contribution is -0.274. The summed E-state index contributed by atoms with van der Waals surface area (Å²) in [6.45, 7) is 1.71. The van der Waals surface area contributed by atoms with Crippen LogP contribution in [0.3, 0.4) is 0 Å². The zero-order valence-electron chi connectivity index (χ0n) is 17.4. The van der Waals surface area contributed by atoms with Gasteiger partial charge in [-0.3, -0.25) is 14.6 Å². The lowest BCUT2D eigenvalue weighted by Gasteiger charge is -2.12. The molecule has 0 bridgehead atoms. The lowest BCUT2D eigenvalue weighted by atomic mass is 9.97. The number of anilines is 1. The Morgan fingerprint density at radius 2 is 1.91 bits per heavy atom. The van der Waals surface area contributed by atoms with Crippen molar-refractivity contribution in [2.75, 3.05) is 11.9 Å². The molecule has 2 aromatic heterocycles. The molecule has 4 rings (SSSR count). The normalized spacial score (nSPS) is 18.0. The smallest absolute Gasteiger partial charge is 0.406 e. The summed E-state index contributed by atoms with van der Waals surface area (Å²) in [5.41, 5.74) is -0.0189. The fourth-order valence-corrected chi connectivity index (χ4v) is 3.53. The van der Waals surface area contributed by atoms with Crippen molar-refractivity contribution in [2.24, 2.45) is 11.8 Å². The number of nitrogens with one attached hydrogen (secondary N) is 2. The van der Waals surface area contributed by atoms with Gasteiger partial charge in [-0.15, -0.1) is 18.3 Å². The third-order valence-electron chi connectivity index (χ3n) is 5.15. The Kier molecular flexibility index (Phi) is 5.94. The molecule has 8 nitrogen and oxygen atoms in total. The second-order valence-corrected chi connectivity index (χ2v) is 7.54. The Bertz CT molecular complexity index is 1260. The maximum absolute atomic E-state index is 14.1. The number of carbonyl (C=O) groups is 2. The summed E-state index contributed by atoms with van der Waals surface area (Å²) in [6, 6.07) is 4.71. The standard InChI is InChI=1S/C21H16F5N5O3/c1-10-16(9-28-19(10)32)20(33)29-18-6-17(31(30-18)14-4-13(23)7-27-8-14)11-2-12(22)5-15(3-11)34-21(24,25)26/h2-8,10,16H,9H2,1H3,(H,28,32)(H,29,30,33). The van der Waals surface area contributed by atoms with Crippen molar-refractivity contribution in [3.8, 4) is 22.7 Å². The molecule has 34 heavy (non-hydrogen) atoms. The molecule has 0 spiro atoms. The van der Waals surface area contributed by atoms with Crippen LogP contribution in [0.25, 0.3) is 16.9 Å². The summed E-state index contributed by atoms with van der Waals surface area (Å²) < 4.78 is 70.8. The number of hydrogen-bond acceptors (Lipinski definition) is 5. The third-order valence-corrected chi connectivity index (χ3v) is 5.15. The summed E-state index contributed by atoms with van der Waals surface area (Å²) in [7, 11) is 0. The minimum atomic E-state index is -5.06. The number of amides is 2. The van der Waals surface area contributed by atoms with E-state index in [0.717, 1.165) is 29.1 Å². The van der Waals surface area contributed by atoms with Gasteiger partial charge in [-0.2, -0.15) is 0 Å². The molecule has 1 aromatic carbocycles. The van der Waals surface area contributed by atoms with Gasteiger partial charge in [0, 0.05) is 36.2 Å². The fourth-order valence-electron chi connectivity index (χ4n) is 3.53. The summed E-state index contributed by atoms with van der Waals surface area (Å²) in [6.07, 6.45) is -2.90. The number of nitrogens with zero attached hydrogens (tertiary/aromatic N) is 3. The van der Waals surface area contributed by atoms with Gasteiger partial charge in [-0.1, -0.05) is 6.92 Å². The maximum atomic E-state index is 14.1. The predicted molar refractivity (Wildman–Crippen MR) is 108 cm³/mol. The highest BCUT2D eigenvalue weighted by Crippen LogP contribution is 2.32. The first kappa shape index (κ1) is 23.1. The first-order valence-corrected chi connectivity index (χ1v) is 9.86. The van der Waals surface area contributed by atoms with Crippen LogP contribution >= 0.6 is 0 Å². The Balaban J connectivity index is 1.75. The van der Waals surface area contributed by atoms with Crippen LogP contribution in [0.1, 0.15) is 6.92 Å². The maximum Gasteiger partial charge on any atom is 0.573 e. The van der Waals surface area contributed by atoms with Crippen molar-refractivity contribution in [3.63, 3.8) is 0 Å². The number of carbonyl (C=O) groups excluding carboxylic acids is 2. The number of ether oxygens (including phenoxy) is 1. The molecular formula is C21H16F5N5O3. The van der Waals surface area contributed by atoms with E-state index >= 15 is 0 Å². The molecule has 3 aromatic rings. The summed E-state index contributed by atoms with van der Waals surface area (Å²) in [5.74, 6) is -4.71. The van der Waals surface area contributed by atoms with Gasteiger partial charge in [-0.05, 0) is 12.1 Å². The molecule has 2 atom stereocenters. The SMILES string of the molecule is CC1C(=O)NCC1C(=O)Nc1cc(-c2cc(F)cc(OC(F)(F)F)c2)n(-c2cncc(F)c2)n1. The Labute approximate surface area is 188 Å². The molecule has 1 aliphatic heterocycles. The largest absolute Gasteiger partial charge is 0.573 e. The molecule has 1 aliphatic rings. The van der Waals surface area contributed by atoms with E-state index in [1.807, 2.05) is 0 Å². The van der Waals surface area contributed by atoms with Crippen LogP contribution in [0.5, 0.6) is 5.75 Å². The molecule has 178 valence electrons. The van der Waals surface area contributed by atoms with Crippen LogP contribution in [-0.4, -0.2) is 39.5 Å². The van der Waals surface area contributed by atoms with Gasteiger partial charge in [0.15, 0.2) is 5.82 Å². The molecule has 13 heteroatoms. The van der Waals surface area contributed by atoms with Gasteiger partial charge >= 0.3 is 6.36 Å². The van der Waals surface area contributed by atoms with Gasteiger partial charge in [-0.25, -0.2) is 13.5 Å². The second kappa shape index (κ2) is 8.72. The van der Waals surface area contributed by atoms with Gasteiger partial charge < -0.3 is 15.4 Å². The summed E-state index contributed by atoms with van der Waals surface area (Å²) >= 11 is 0. The monoisotopic (exact) mass is 481 g/mol. The Hall–Kier alpha value is -4.03. The average Bonchev–Trinajstić information content (AvgIpc) is 3.30. The first-order valence-electron chi connectivity index (χ1n) is 9.86. The van der Waals surface area contributed by atoms with E-state index in [4.69, 9.17) is 0 Å². The molecule has 1 saturated heterocycles. The van der Waals surface area contributed by atoms with Gasteiger partial charge in [0.2, 0.25) is 11.8 Å².